The Morgan fingerprint density at radius 2 is 1.39 bits per heavy atom. The van der Waals surface area contributed by atoms with Crippen molar-refractivity contribution in [3.05, 3.63) is 5.21 Å². The van der Waals surface area contributed by atoms with Crippen LogP contribution in [0.5, 0.6) is 0 Å². The Bertz CT molecular complexity index is 697. The van der Waals surface area contributed by atoms with Gasteiger partial charge >= 0.3 is 0 Å². The zero-order chi connectivity index (χ0) is 28.1. The van der Waals surface area contributed by atoms with E-state index in [0.29, 0.717) is 25.9 Å². The molecule has 0 N–H and O–H groups in total. The summed E-state index contributed by atoms with van der Waals surface area (Å²) in [6, 6.07) is 0. The van der Waals surface area contributed by atoms with E-state index in [9.17, 15) is 14.7 Å². The summed E-state index contributed by atoms with van der Waals surface area (Å²) in [5, 5.41) is 14.4. The number of hydrogen-bond acceptors (Lipinski definition) is 7. The van der Waals surface area contributed by atoms with Gasteiger partial charge in [-0.15, -0.1) is 0 Å². The van der Waals surface area contributed by atoms with Crippen molar-refractivity contribution in [2.24, 2.45) is 0 Å². The number of unbranched alkanes of at least 4 members (excludes halogenated alkanes) is 11. The molecule has 2 fully saturated rings. The van der Waals surface area contributed by atoms with E-state index >= 15 is 0 Å². The molecule has 0 bridgehead atoms. The van der Waals surface area contributed by atoms with Crippen LogP contribution in [0.2, 0.25) is 0 Å². The topological polar surface area (TPSA) is 94.1 Å². The third-order valence-electron chi connectivity index (χ3n) is 8.39. The minimum atomic E-state index is -4.32. The second-order valence-corrected chi connectivity index (χ2v) is 14.4. The van der Waals surface area contributed by atoms with E-state index in [2.05, 4.69) is 21.0 Å². The molecule has 2 unspecified atom stereocenters. The molecule has 9 heteroatoms. The maximum Gasteiger partial charge on any atom is 0.268 e. The summed E-state index contributed by atoms with van der Waals surface area (Å²) in [5.41, 5.74) is -1.35. The highest BCUT2D eigenvalue weighted by Crippen LogP contribution is 2.43. The molecule has 0 spiro atoms. The van der Waals surface area contributed by atoms with Crippen LogP contribution in [0, 0.1) is 5.21 Å². The molecular weight excluding hydrogens is 503 g/mol. The maximum atomic E-state index is 13.2. The van der Waals surface area contributed by atoms with Crippen molar-refractivity contribution in [1.29, 1.82) is 0 Å². The van der Waals surface area contributed by atoms with Crippen LogP contribution in [0.1, 0.15) is 130 Å². The van der Waals surface area contributed by atoms with Gasteiger partial charge in [0.15, 0.2) is 0 Å². The second-order valence-electron chi connectivity index (χ2n) is 13.1. The summed E-state index contributed by atoms with van der Waals surface area (Å²) < 4.78 is 29.8. The summed E-state index contributed by atoms with van der Waals surface area (Å²) >= 11 is 0. The van der Waals surface area contributed by atoms with Gasteiger partial charge in [0.25, 0.3) is 7.82 Å². The molecule has 2 heterocycles. The van der Waals surface area contributed by atoms with Gasteiger partial charge < -0.3 is 33.4 Å². The summed E-state index contributed by atoms with van der Waals surface area (Å²) in [5.74, 6) is 0. The Morgan fingerprint density at radius 1 is 0.895 bits per heavy atom. The Labute approximate surface area is 233 Å². The molecule has 2 aliphatic rings. The molecule has 2 saturated heterocycles. The van der Waals surface area contributed by atoms with E-state index in [4.69, 9.17) is 13.8 Å². The van der Waals surface area contributed by atoms with E-state index in [1.165, 1.54) is 62.9 Å². The Hall–Kier alpha value is -0.0500. The lowest BCUT2D eigenvalue weighted by Gasteiger charge is -2.48. The number of piperidine rings is 1. The first kappa shape index (κ1) is 34.2. The highest BCUT2D eigenvalue weighted by atomic mass is 31.2. The van der Waals surface area contributed by atoms with Crippen molar-refractivity contribution in [2.75, 3.05) is 40.4 Å². The molecule has 2 atom stereocenters. The summed E-state index contributed by atoms with van der Waals surface area (Å²) in [6.45, 7) is 8.41. The Balaban J connectivity index is 1.66. The number of phosphoric ester groups is 1. The molecule has 2 aliphatic heterocycles. The standard InChI is InChI=1S/C29H59N2O6P/c1-6-7-8-9-10-11-12-13-14-15-16-21-29(30(32)28(2,3)26-35-29)22-17-18-25-36-38(33,34)37-27-19-23-31(4,5)24-20-27/h27H,6-26H2,1-5H3,(H,33,34)/p-1. The van der Waals surface area contributed by atoms with Gasteiger partial charge in [0.05, 0.1) is 46.5 Å². The van der Waals surface area contributed by atoms with Crippen molar-refractivity contribution in [3.8, 4) is 0 Å². The van der Waals surface area contributed by atoms with Crippen molar-refractivity contribution in [2.45, 2.75) is 147 Å². The van der Waals surface area contributed by atoms with E-state index < -0.39 is 19.1 Å². The third-order valence-corrected chi connectivity index (χ3v) is 9.44. The van der Waals surface area contributed by atoms with Crippen molar-refractivity contribution < 1.29 is 27.7 Å². The molecule has 0 amide bonds. The number of phosphoric acid groups is 1. The van der Waals surface area contributed by atoms with Gasteiger partial charge in [-0.1, -0.05) is 71.1 Å². The summed E-state index contributed by atoms with van der Waals surface area (Å²) in [6.07, 6.45) is 17.6. The number of nitrogens with zero attached hydrogens (tertiary/aromatic N) is 2. The lowest BCUT2D eigenvalue weighted by Crippen LogP contribution is -2.48. The first-order valence-electron chi connectivity index (χ1n) is 15.5. The zero-order valence-corrected chi connectivity index (χ0v) is 26.1. The minimum absolute atomic E-state index is 0.0752. The average Bonchev–Trinajstić information content (AvgIpc) is 3.07. The lowest BCUT2D eigenvalue weighted by molar-refractivity contribution is -0.896. The van der Waals surface area contributed by atoms with Crippen LogP contribution < -0.4 is 4.89 Å². The highest BCUT2D eigenvalue weighted by Gasteiger charge is 2.45. The van der Waals surface area contributed by atoms with Crippen LogP contribution in [0.3, 0.4) is 0 Å². The SMILES string of the molecule is CCCCCCCCCCCCCC1(CCCCOP(=O)([O-])OC2CC[N+](C)(C)CC2)OCC(C)(C)N1[O-]. The van der Waals surface area contributed by atoms with Crippen molar-refractivity contribution in [3.63, 3.8) is 0 Å². The molecule has 2 rings (SSSR count). The average molecular weight is 562 g/mol. The fourth-order valence-electron chi connectivity index (χ4n) is 5.76. The quantitative estimate of drug-likeness (QED) is 0.0906. The van der Waals surface area contributed by atoms with Crippen LogP contribution in [0.25, 0.3) is 0 Å². The van der Waals surface area contributed by atoms with E-state index in [1.807, 2.05) is 13.8 Å². The fourth-order valence-corrected chi connectivity index (χ4v) is 6.75. The molecule has 0 aromatic heterocycles. The van der Waals surface area contributed by atoms with Crippen molar-refractivity contribution in [1.82, 2.24) is 5.06 Å². The van der Waals surface area contributed by atoms with Gasteiger partial charge in [0.2, 0.25) is 0 Å². The van der Waals surface area contributed by atoms with Crippen LogP contribution in [0.15, 0.2) is 0 Å². The maximum absolute atomic E-state index is 13.2. The van der Waals surface area contributed by atoms with Crippen LogP contribution in [0.4, 0.5) is 0 Å². The largest absolute Gasteiger partial charge is 0.783 e. The number of quaternary nitrogens is 1. The Morgan fingerprint density at radius 3 is 1.89 bits per heavy atom. The third kappa shape index (κ3) is 12.2. The Kier molecular flexibility index (Phi) is 14.7. The molecule has 0 aromatic carbocycles. The number of rotatable bonds is 20. The van der Waals surface area contributed by atoms with Crippen molar-refractivity contribution >= 4 is 7.82 Å². The van der Waals surface area contributed by atoms with E-state index in [-0.39, 0.29) is 12.7 Å². The van der Waals surface area contributed by atoms with Crippen LogP contribution in [-0.4, -0.2) is 67.3 Å². The van der Waals surface area contributed by atoms with Gasteiger partial charge in [0, 0.05) is 18.4 Å². The molecule has 226 valence electrons. The second kappa shape index (κ2) is 16.4. The molecule has 0 aliphatic carbocycles. The number of ether oxygens (including phenoxy) is 1. The van der Waals surface area contributed by atoms with Gasteiger partial charge in [-0.05, 0) is 46.0 Å². The van der Waals surface area contributed by atoms with E-state index in [1.54, 1.807) is 0 Å². The predicted molar refractivity (Wildman–Crippen MR) is 152 cm³/mol. The minimum Gasteiger partial charge on any atom is -0.783 e. The number of likely N-dealkylation sites (tertiary alicyclic amines) is 1. The normalized spacial score (nSPS) is 25.6. The zero-order valence-electron chi connectivity index (χ0n) is 25.2. The monoisotopic (exact) mass is 561 g/mol. The smallest absolute Gasteiger partial charge is 0.268 e. The lowest BCUT2D eigenvalue weighted by atomic mass is 9.95. The van der Waals surface area contributed by atoms with Crippen LogP contribution in [-0.2, 0) is 18.3 Å². The summed E-state index contributed by atoms with van der Waals surface area (Å²) in [7, 11) is -0.0304. The predicted octanol–water partition coefficient (Wildman–Crippen LogP) is 6.90. The number of hydroxylamine groups is 2. The number of hydrogen-bond donors (Lipinski definition) is 0. The van der Waals surface area contributed by atoms with Gasteiger partial charge in [-0.2, -0.15) is 0 Å². The molecule has 38 heavy (non-hydrogen) atoms. The van der Waals surface area contributed by atoms with Gasteiger partial charge in [-0.3, -0.25) is 4.57 Å². The molecule has 8 nitrogen and oxygen atoms in total. The van der Waals surface area contributed by atoms with Gasteiger partial charge in [-0.25, -0.2) is 0 Å². The molecule has 0 radical (unpaired) electrons. The molecular formula is C29H58N2O6P-. The molecule has 0 aromatic rings. The highest BCUT2D eigenvalue weighted by molar-refractivity contribution is 7.45. The van der Waals surface area contributed by atoms with E-state index in [0.717, 1.165) is 49.7 Å². The first-order valence-corrected chi connectivity index (χ1v) is 16.9. The van der Waals surface area contributed by atoms with Crippen LogP contribution >= 0.6 is 7.82 Å². The van der Waals surface area contributed by atoms with Gasteiger partial charge in [0.1, 0.15) is 5.72 Å². The molecule has 0 saturated carbocycles. The fraction of sp³-hybridized carbons (Fsp3) is 1.00. The summed E-state index contributed by atoms with van der Waals surface area (Å²) in [4.78, 5) is 12.3. The first-order chi connectivity index (χ1) is 17.9.